The lowest BCUT2D eigenvalue weighted by Crippen LogP contribution is -2.48. The topological polar surface area (TPSA) is 68.6 Å². The largest absolute Gasteiger partial charge is 0.496 e. The molecule has 0 aromatic heterocycles. The Balaban J connectivity index is 0.000000140. The Bertz CT molecular complexity index is 2680. The van der Waals surface area contributed by atoms with Gasteiger partial charge in [-0.25, -0.2) is 0 Å². The van der Waals surface area contributed by atoms with Crippen molar-refractivity contribution in [2.24, 2.45) is 41.4 Å². The molecule has 8 heteroatoms. The molecule has 5 saturated carbocycles. The molecule has 8 fully saturated rings. The normalized spacial score (nSPS) is 30.5. The summed E-state index contributed by atoms with van der Waals surface area (Å²) in [5, 5.41) is 23.1. The Hall–Kier alpha value is -4.13. The van der Waals surface area contributed by atoms with E-state index in [2.05, 4.69) is 101 Å². The molecular formula is C67H90ClN3O4. The van der Waals surface area contributed by atoms with Gasteiger partial charge >= 0.3 is 0 Å². The quantitative estimate of drug-likeness (QED) is 0.128. The van der Waals surface area contributed by atoms with Crippen LogP contribution in [0, 0.1) is 67.1 Å². The highest BCUT2D eigenvalue weighted by Gasteiger charge is 2.46. The third kappa shape index (κ3) is 11.8. The number of aliphatic hydroxyl groups is 2. The Morgan fingerprint density at radius 3 is 1.83 bits per heavy atom. The summed E-state index contributed by atoms with van der Waals surface area (Å²) in [6.45, 7) is 11.9. The van der Waals surface area contributed by atoms with Gasteiger partial charge in [0.05, 0.1) is 25.4 Å². The molecule has 6 bridgehead atoms. The number of benzene rings is 4. The SMILES string of the molecule is COc1ccc(C#Cc2ccccc2)cc1C1CCN([C@H]2C[C@H]3CC[C@H]2C3)CC1.COc1ccc(Cl)cc1C1(O)CCN(C2CC3CCC2C3)CC1.Cc1ccc(C)c(C2(O)CCN(CC3CC4C=CC3C4)CC2)c1.[HH].[HH]. The highest BCUT2D eigenvalue weighted by molar-refractivity contribution is 6.30. The van der Waals surface area contributed by atoms with E-state index in [0.717, 1.165) is 139 Å². The minimum absolute atomic E-state index is 0. The second-order valence-corrected chi connectivity index (χ2v) is 25.4. The van der Waals surface area contributed by atoms with Crippen LogP contribution in [0.1, 0.15) is 150 Å². The van der Waals surface area contributed by atoms with E-state index < -0.39 is 11.2 Å². The maximum atomic E-state index is 11.2. The van der Waals surface area contributed by atoms with Crippen LogP contribution in [0.4, 0.5) is 0 Å². The third-order valence-electron chi connectivity index (χ3n) is 20.4. The van der Waals surface area contributed by atoms with Crippen LogP contribution >= 0.6 is 11.6 Å². The lowest BCUT2D eigenvalue weighted by molar-refractivity contribution is -0.0426. The summed E-state index contributed by atoms with van der Waals surface area (Å²) >= 11 is 6.15. The summed E-state index contributed by atoms with van der Waals surface area (Å²) in [6.07, 6.45) is 25.0. The Morgan fingerprint density at radius 1 is 0.600 bits per heavy atom. The van der Waals surface area contributed by atoms with E-state index in [0.29, 0.717) is 10.9 Å². The molecule has 9 atom stereocenters. The number of piperidine rings is 3. The number of hydrogen-bond donors (Lipinski definition) is 2. The average Bonchev–Trinajstić information content (AvgIpc) is 4.35. The fourth-order valence-corrected chi connectivity index (χ4v) is 16.4. The molecule has 3 heterocycles. The number of hydrogen-bond acceptors (Lipinski definition) is 7. The summed E-state index contributed by atoms with van der Waals surface area (Å²) < 4.78 is 11.2. The van der Waals surface area contributed by atoms with E-state index in [9.17, 15) is 10.2 Å². The molecule has 6 aliphatic carbocycles. The van der Waals surface area contributed by atoms with Gasteiger partial charge in [0, 0.05) is 69.4 Å². The first kappa shape index (κ1) is 52.9. The van der Waals surface area contributed by atoms with Crippen molar-refractivity contribution in [3.63, 3.8) is 0 Å². The zero-order valence-electron chi connectivity index (χ0n) is 45.7. The Morgan fingerprint density at radius 2 is 1.23 bits per heavy atom. The van der Waals surface area contributed by atoms with Crippen molar-refractivity contribution < 1.29 is 22.5 Å². The Labute approximate surface area is 458 Å². The van der Waals surface area contributed by atoms with Crippen LogP contribution in [0.3, 0.4) is 0 Å². The van der Waals surface area contributed by atoms with Crippen LogP contribution in [0.5, 0.6) is 11.5 Å². The van der Waals surface area contributed by atoms with E-state index in [1.807, 2.05) is 36.4 Å². The van der Waals surface area contributed by atoms with Crippen LogP contribution in [0.15, 0.2) is 97.1 Å². The summed E-state index contributed by atoms with van der Waals surface area (Å²) in [6, 6.07) is 30.3. The zero-order valence-corrected chi connectivity index (χ0v) is 46.5. The zero-order chi connectivity index (χ0) is 51.7. The molecule has 0 spiro atoms. The fraction of sp³-hybridized carbons (Fsp3) is 0.582. The highest BCUT2D eigenvalue weighted by Crippen LogP contribution is 2.50. The predicted octanol–water partition coefficient (Wildman–Crippen LogP) is 13.6. The van der Waals surface area contributed by atoms with Crippen molar-refractivity contribution in [2.45, 2.75) is 146 Å². The second kappa shape index (κ2) is 23.1. The van der Waals surface area contributed by atoms with Gasteiger partial charge in [0.25, 0.3) is 0 Å². The fourth-order valence-electron chi connectivity index (χ4n) is 16.2. The van der Waals surface area contributed by atoms with E-state index in [1.165, 1.54) is 113 Å². The number of rotatable bonds is 9. The van der Waals surface area contributed by atoms with Gasteiger partial charge in [0.2, 0.25) is 0 Å². The molecule has 75 heavy (non-hydrogen) atoms. The summed E-state index contributed by atoms with van der Waals surface area (Å²) in [7, 11) is 3.44. The molecule has 3 aliphatic heterocycles. The van der Waals surface area contributed by atoms with Gasteiger partial charge in [-0.3, -0.25) is 4.90 Å². The molecule has 404 valence electrons. The molecule has 4 aromatic rings. The minimum Gasteiger partial charge on any atom is -0.496 e. The van der Waals surface area contributed by atoms with E-state index in [-0.39, 0.29) is 2.85 Å². The smallest absolute Gasteiger partial charge is 0.125 e. The lowest BCUT2D eigenvalue weighted by Gasteiger charge is -2.43. The van der Waals surface area contributed by atoms with Crippen LogP contribution < -0.4 is 9.47 Å². The van der Waals surface area contributed by atoms with Crippen molar-refractivity contribution >= 4 is 11.6 Å². The van der Waals surface area contributed by atoms with Gasteiger partial charge in [-0.2, -0.15) is 0 Å². The molecule has 7 nitrogen and oxygen atoms in total. The van der Waals surface area contributed by atoms with E-state index >= 15 is 0 Å². The molecule has 4 aromatic carbocycles. The number of aryl methyl sites for hydroxylation is 2. The van der Waals surface area contributed by atoms with Gasteiger partial charge in [-0.05, 0) is 229 Å². The van der Waals surface area contributed by atoms with Crippen molar-refractivity contribution in [3.05, 3.63) is 141 Å². The monoisotopic (exact) mass is 1040 g/mol. The van der Waals surface area contributed by atoms with E-state index in [4.69, 9.17) is 21.1 Å². The van der Waals surface area contributed by atoms with Crippen molar-refractivity contribution in [1.82, 2.24) is 14.7 Å². The molecule has 0 radical (unpaired) electrons. The summed E-state index contributed by atoms with van der Waals surface area (Å²) in [5.41, 5.74) is 6.52. The van der Waals surface area contributed by atoms with Crippen LogP contribution in [0.25, 0.3) is 0 Å². The molecule has 13 rings (SSSR count). The first-order valence-corrected chi connectivity index (χ1v) is 29.8. The minimum atomic E-state index is -0.815. The number of ether oxygens (including phenoxy) is 2. The number of nitrogens with zero attached hydrogens (tertiary/aromatic N) is 3. The number of allylic oxidation sites excluding steroid dienone is 2. The van der Waals surface area contributed by atoms with Crippen molar-refractivity contribution in [2.75, 3.05) is 60.0 Å². The summed E-state index contributed by atoms with van der Waals surface area (Å²) in [5.74, 6) is 15.4. The van der Waals surface area contributed by atoms with Gasteiger partial charge in [0.15, 0.2) is 0 Å². The molecule has 2 N–H and O–H groups in total. The van der Waals surface area contributed by atoms with Crippen molar-refractivity contribution in [3.8, 4) is 23.3 Å². The molecular weight excluding hydrogens is 946 g/mol. The average molecular weight is 1040 g/mol. The highest BCUT2D eigenvalue weighted by atomic mass is 35.5. The first-order chi connectivity index (χ1) is 36.4. The lowest BCUT2D eigenvalue weighted by atomic mass is 9.81. The number of methoxy groups -OCH3 is 2. The maximum absolute atomic E-state index is 11.2. The van der Waals surface area contributed by atoms with E-state index in [1.54, 1.807) is 14.2 Å². The molecule has 9 aliphatic rings. The van der Waals surface area contributed by atoms with Crippen LogP contribution in [0.2, 0.25) is 5.02 Å². The number of likely N-dealkylation sites (tertiary alicyclic amines) is 3. The number of halogens is 1. The molecule has 6 unspecified atom stereocenters. The standard InChI is InChI=1S/C27H31NO.C21H29NO.C19H26ClNO2.2H2/c1-29-27-12-10-21(8-7-20-5-3-2-4-6-20)18-25(27)23-13-15-28(16-14-23)26-19-22-9-11-24(26)17-22;1-15-3-4-16(2)20(11-15)21(23)7-9-22(10-8-21)14-19-13-17-5-6-18(19)12-17;1-23-18-5-4-15(20)12-16(18)19(22)6-8-21(9-7-19)17-11-13-2-3-14(17)10-13;;/h2-6,10,12,18,22-24,26H,9,11,13-17,19H2,1H3;3-6,11,17-19,23H,7-10,12-14H2,1-2H3;4-5,12-14,17,22H,2-3,6-11H2,1H3;2*1H/t22-,24-,26-;;;;/m0..../s1. The maximum Gasteiger partial charge on any atom is 0.125 e. The van der Waals surface area contributed by atoms with Crippen LogP contribution in [-0.4, -0.2) is 97.0 Å². The van der Waals surface area contributed by atoms with Crippen LogP contribution in [-0.2, 0) is 11.2 Å². The Kier molecular flexibility index (Phi) is 16.3. The van der Waals surface area contributed by atoms with Crippen molar-refractivity contribution in [1.29, 1.82) is 0 Å². The number of fused-ring (bicyclic) bond motifs is 6. The van der Waals surface area contributed by atoms with Gasteiger partial charge in [0.1, 0.15) is 11.5 Å². The molecule has 0 amide bonds. The third-order valence-corrected chi connectivity index (χ3v) is 20.7. The predicted molar refractivity (Wildman–Crippen MR) is 309 cm³/mol. The van der Waals surface area contributed by atoms with Gasteiger partial charge < -0.3 is 29.5 Å². The van der Waals surface area contributed by atoms with Gasteiger partial charge in [-0.1, -0.05) is 90.4 Å². The van der Waals surface area contributed by atoms with Gasteiger partial charge in [-0.15, -0.1) is 0 Å². The molecule has 3 saturated heterocycles. The second-order valence-electron chi connectivity index (χ2n) is 25.0. The summed E-state index contributed by atoms with van der Waals surface area (Å²) in [4.78, 5) is 8.04. The first-order valence-electron chi connectivity index (χ1n) is 29.4.